The Morgan fingerprint density at radius 1 is 1.40 bits per heavy atom. The lowest BCUT2D eigenvalue weighted by Crippen LogP contribution is -2.45. The summed E-state index contributed by atoms with van der Waals surface area (Å²) in [6, 6.07) is 6.68. The molecule has 0 saturated carbocycles. The molecule has 8 heteroatoms. The van der Waals surface area contributed by atoms with Gasteiger partial charge < -0.3 is 15.0 Å². The molecule has 1 aliphatic rings. The molecule has 1 fully saturated rings. The topological polar surface area (TPSA) is 36.9 Å². The lowest BCUT2D eigenvalue weighted by Gasteiger charge is -2.33. The van der Waals surface area contributed by atoms with Crippen molar-refractivity contribution >= 4 is 29.9 Å². The Hall–Kier alpha value is -1.19. The second-order valence-electron chi connectivity index (χ2n) is 6.15. The van der Waals surface area contributed by atoms with Gasteiger partial charge in [-0.15, -0.1) is 24.0 Å². The Morgan fingerprint density at radius 2 is 2.16 bits per heavy atom. The molecule has 0 radical (unpaired) electrons. The van der Waals surface area contributed by atoms with E-state index in [4.69, 9.17) is 4.74 Å². The summed E-state index contributed by atoms with van der Waals surface area (Å²) in [5.74, 6) is 1.67. The average Bonchev–Trinajstić information content (AvgIpc) is 2.53. The van der Waals surface area contributed by atoms with E-state index in [9.17, 15) is 13.2 Å². The van der Waals surface area contributed by atoms with Crippen molar-refractivity contribution in [3.63, 3.8) is 0 Å². The molecule has 0 aromatic heterocycles. The molecule has 1 aliphatic heterocycles. The van der Waals surface area contributed by atoms with Gasteiger partial charge >= 0.3 is 6.18 Å². The van der Waals surface area contributed by atoms with Crippen LogP contribution in [0.5, 0.6) is 5.75 Å². The fourth-order valence-corrected chi connectivity index (χ4v) is 2.81. The fraction of sp³-hybridized carbons (Fsp3) is 0.588. The van der Waals surface area contributed by atoms with Gasteiger partial charge in [0.25, 0.3) is 0 Å². The van der Waals surface area contributed by atoms with Gasteiger partial charge in [0.1, 0.15) is 5.75 Å². The molecule has 25 heavy (non-hydrogen) atoms. The normalized spacial score (nSPS) is 18.5. The molecule has 0 aliphatic carbocycles. The minimum absolute atomic E-state index is 0. The molecular weight excluding hydrogens is 446 g/mol. The number of halogens is 4. The Morgan fingerprint density at radius 3 is 2.80 bits per heavy atom. The number of hydrogen-bond donors (Lipinski definition) is 1. The van der Waals surface area contributed by atoms with E-state index in [0.717, 1.165) is 31.0 Å². The number of piperidine rings is 1. The zero-order valence-corrected chi connectivity index (χ0v) is 16.8. The molecule has 1 aromatic carbocycles. The predicted molar refractivity (Wildman–Crippen MR) is 104 cm³/mol. The third-order valence-corrected chi connectivity index (χ3v) is 3.92. The maximum absolute atomic E-state index is 12.2. The number of guanidine groups is 1. The summed E-state index contributed by atoms with van der Waals surface area (Å²) in [4.78, 5) is 6.52. The Bertz CT molecular complexity index is 566. The van der Waals surface area contributed by atoms with Crippen LogP contribution in [0.15, 0.2) is 29.3 Å². The largest absolute Gasteiger partial charge is 0.484 e. The van der Waals surface area contributed by atoms with Crippen molar-refractivity contribution in [1.82, 2.24) is 10.2 Å². The average molecular weight is 471 g/mol. The van der Waals surface area contributed by atoms with E-state index in [1.165, 1.54) is 12.5 Å². The van der Waals surface area contributed by atoms with Gasteiger partial charge in [0.05, 0.1) is 0 Å². The number of nitrogens with one attached hydrogen (secondary N) is 1. The van der Waals surface area contributed by atoms with Gasteiger partial charge in [0, 0.05) is 26.7 Å². The third-order valence-electron chi connectivity index (χ3n) is 3.92. The van der Waals surface area contributed by atoms with Crippen LogP contribution >= 0.6 is 24.0 Å². The van der Waals surface area contributed by atoms with E-state index >= 15 is 0 Å². The summed E-state index contributed by atoms with van der Waals surface area (Å²) in [6.07, 6.45) is -1.96. The first kappa shape index (κ1) is 21.9. The van der Waals surface area contributed by atoms with Crippen molar-refractivity contribution < 1.29 is 17.9 Å². The maximum atomic E-state index is 12.2. The molecule has 0 amide bonds. The lowest BCUT2D eigenvalue weighted by atomic mass is 10.0. The van der Waals surface area contributed by atoms with Crippen LogP contribution in [0.2, 0.25) is 0 Å². The minimum Gasteiger partial charge on any atom is -0.484 e. The SMILES string of the molecule is CN=C(NCc1cccc(OCC(F)(F)F)c1)N1CCCC(C)C1.I. The molecule has 0 bridgehead atoms. The molecule has 1 saturated heterocycles. The molecule has 1 aromatic rings. The molecule has 1 atom stereocenters. The second kappa shape index (κ2) is 10.1. The van der Waals surface area contributed by atoms with Gasteiger partial charge in [0.15, 0.2) is 12.6 Å². The molecule has 4 nitrogen and oxygen atoms in total. The number of likely N-dealkylation sites (tertiary alicyclic amines) is 1. The van der Waals surface area contributed by atoms with Crippen molar-refractivity contribution in [3.8, 4) is 5.75 Å². The van der Waals surface area contributed by atoms with E-state index in [-0.39, 0.29) is 29.7 Å². The van der Waals surface area contributed by atoms with Crippen molar-refractivity contribution in [3.05, 3.63) is 29.8 Å². The summed E-state index contributed by atoms with van der Waals surface area (Å²) in [6.45, 7) is 3.37. The van der Waals surface area contributed by atoms with Crippen LogP contribution < -0.4 is 10.1 Å². The van der Waals surface area contributed by atoms with Crippen molar-refractivity contribution in [2.75, 3.05) is 26.7 Å². The van der Waals surface area contributed by atoms with Crippen LogP contribution in [0, 0.1) is 5.92 Å². The highest BCUT2D eigenvalue weighted by Gasteiger charge is 2.28. The first-order valence-corrected chi connectivity index (χ1v) is 8.11. The molecule has 2 rings (SSSR count). The summed E-state index contributed by atoms with van der Waals surface area (Å²) >= 11 is 0. The molecular formula is C17H25F3IN3O. The minimum atomic E-state index is -4.33. The molecule has 1 unspecified atom stereocenters. The Balaban J connectivity index is 0.00000312. The lowest BCUT2D eigenvalue weighted by molar-refractivity contribution is -0.153. The van der Waals surface area contributed by atoms with E-state index in [0.29, 0.717) is 12.5 Å². The summed E-state index contributed by atoms with van der Waals surface area (Å²) in [5.41, 5.74) is 0.848. The van der Waals surface area contributed by atoms with Gasteiger partial charge in [-0.3, -0.25) is 4.99 Å². The van der Waals surface area contributed by atoms with Crippen LogP contribution in [0.3, 0.4) is 0 Å². The van der Waals surface area contributed by atoms with Gasteiger partial charge in [-0.25, -0.2) is 0 Å². The number of alkyl halides is 3. The molecule has 0 spiro atoms. The van der Waals surface area contributed by atoms with E-state index in [1.807, 2.05) is 6.07 Å². The van der Waals surface area contributed by atoms with Gasteiger partial charge in [-0.05, 0) is 36.5 Å². The van der Waals surface area contributed by atoms with Crippen molar-refractivity contribution in [2.24, 2.45) is 10.9 Å². The number of ether oxygens (including phenoxy) is 1. The fourth-order valence-electron chi connectivity index (χ4n) is 2.81. The van der Waals surface area contributed by atoms with Crippen LogP contribution in [-0.4, -0.2) is 43.8 Å². The smallest absolute Gasteiger partial charge is 0.422 e. The van der Waals surface area contributed by atoms with Crippen molar-refractivity contribution in [1.29, 1.82) is 0 Å². The second-order valence-corrected chi connectivity index (χ2v) is 6.15. The van der Waals surface area contributed by atoms with Crippen LogP contribution in [-0.2, 0) is 6.54 Å². The van der Waals surface area contributed by atoms with E-state index in [1.54, 1.807) is 19.2 Å². The first-order chi connectivity index (χ1) is 11.4. The first-order valence-electron chi connectivity index (χ1n) is 8.11. The highest BCUT2D eigenvalue weighted by Crippen LogP contribution is 2.20. The zero-order chi connectivity index (χ0) is 17.6. The standard InChI is InChI=1S/C17H24F3N3O.HI/c1-13-5-4-8-23(11-13)16(21-2)22-10-14-6-3-7-15(9-14)24-12-17(18,19)20;/h3,6-7,9,13H,4-5,8,10-12H2,1-2H3,(H,21,22);1H. The Labute approximate surface area is 163 Å². The number of hydrogen-bond acceptors (Lipinski definition) is 2. The molecule has 1 N–H and O–H groups in total. The predicted octanol–water partition coefficient (Wildman–Crippen LogP) is 4.05. The van der Waals surface area contributed by atoms with Crippen LogP contribution in [0.1, 0.15) is 25.3 Å². The zero-order valence-electron chi connectivity index (χ0n) is 14.5. The summed E-state index contributed by atoms with van der Waals surface area (Å²) < 4.78 is 41.4. The highest BCUT2D eigenvalue weighted by atomic mass is 127. The highest BCUT2D eigenvalue weighted by molar-refractivity contribution is 14.0. The van der Waals surface area contributed by atoms with Crippen LogP contribution in [0.4, 0.5) is 13.2 Å². The van der Waals surface area contributed by atoms with Gasteiger partial charge in [0.2, 0.25) is 0 Å². The van der Waals surface area contributed by atoms with E-state index in [2.05, 4.69) is 22.1 Å². The quantitative estimate of drug-likeness (QED) is 0.409. The van der Waals surface area contributed by atoms with Gasteiger partial charge in [-0.2, -0.15) is 13.2 Å². The van der Waals surface area contributed by atoms with Gasteiger partial charge in [-0.1, -0.05) is 19.1 Å². The maximum Gasteiger partial charge on any atom is 0.422 e. The number of benzene rings is 1. The summed E-state index contributed by atoms with van der Waals surface area (Å²) in [5, 5.41) is 3.27. The summed E-state index contributed by atoms with van der Waals surface area (Å²) in [7, 11) is 1.74. The molecule has 1 heterocycles. The van der Waals surface area contributed by atoms with Crippen molar-refractivity contribution in [2.45, 2.75) is 32.5 Å². The number of rotatable bonds is 4. The van der Waals surface area contributed by atoms with E-state index < -0.39 is 12.8 Å². The Kier molecular flexibility index (Phi) is 8.81. The molecule has 142 valence electrons. The number of aliphatic imine (C=N–C) groups is 1. The number of nitrogens with zero attached hydrogens (tertiary/aromatic N) is 2. The van der Waals surface area contributed by atoms with Crippen LogP contribution in [0.25, 0.3) is 0 Å². The third kappa shape index (κ3) is 7.70. The monoisotopic (exact) mass is 471 g/mol.